The van der Waals surface area contributed by atoms with E-state index in [4.69, 9.17) is 5.11 Å². The smallest absolute Gasteiger partial charge is 0.252 e. The topological polar surface area (TPSA) is 65.1 Å². The number of aliphatic hydroxyl groups is 1. The van der Waals surface area contributed by atoms with Crippen LogP contribution >= 0.6 is 0 Å². The van der Waals surface area contributed by atoms with Gasteiger partial charge in [-0.05, 0) is 30.4 Å². The van der Waals surface area contributed by atoms with Crippen molar-refractivity contribution in [1.82, 2.24) is 10.3 Å². The van der Waals surface area contributed by atoms with Crippen LogP contribution in [-0.4, -0.2) is 22.7 Å². The van der Waals surface area contributed by atoms with Gasteiger partial charge in [0.1, 0.15) is 0 Å². The van der Waals surface area contributed by atoms with Crippen LogP contribution in [0.15, 0.2) is 35.1 Å². The highest BCUT2D eigenvalue weighted by Gasteiger charge is 2.07. The van der Waals surface area contributed by atoms with Crippen LogP contribution in [0.3, 0.4) is 0 Å². The first kappa shape index (κ1) is 13.8. The first-order valence-electron chi connectivity index (χ1n) is 6.69. The molecule has 0 aliphatic carbocycles. The molecule has 2 rings (SSSR count). The molecule has 1 heterocycles. The van der Waals surface area contributed by atoms with Crippen molar-refractivity contribution < 1.29 is 5.11 Å². The van der Waals surface area contributed by atoms with Crippen molar-refractivity contribution in [2.75, 3.05) is 6.61 Å². The maximum atomic E-state index is 11.9. The number of fused-ring (bicyclic) bond motifs is 1. The van der Waals surface area contributed by atoms with Gasteiger partial charge in [-0.25, -0.2) is 0 Å². The van der Waals surface area contributed by atoms with Crippen molar-refractivity contribution in [3.63, 3.8) is 0 Å². The lowest BCUT2D eigenvalue weighted by molar-refractivity contribution is 0.262. The van der Waals surface area contributed by atoms with Gasteiger partial charge in [0.2, 0.25) is 0 Å². The van der Waals surface area contributed by atoms with Crippen molar-refractivity contribution >= 4 is 10.9 Å². The molecule has 1 atom stereocenters. The van der Waals surface area contributed by atoms with E-state index in [9.17, 15) is 4.79 Å². The first-order chi connectivity index (χ1) is 9.24. The number of hydrogen-bond donors (Lipinski definition) is 3. The SMILES string of the molecule is CCC(CCO)NCc1cc2ccccc2[nH]c1=O. The van der Waals surface area contributed by atoms with Crippen LogP contribution in [0, 0.1) is 0 Å². The largest absolute Gasteiger partial charge is 0.396 e. The van der Waals surface area contributed by atoms with E-state index in [0.717, 1.165) is 22.9 Å². The summed E-state index contributed by atoms with van der Waals surface area (Å²) in [7, 11) is 0. The highest BCUT2D eigenvalue weighted by molar-refractivity contribution is 5.78. The molecule has 3 N–H and O–H groups in total. The fraction of sp³-hybridized carbons (Fsp3) is 0.400. The van der Waals surface area contributed by atoms with Crippen LogP contribution in [0.4, 0.5) is 0 Å². The van der Waals surface area contributed by atoms with E-state index >= 15 is 0 Å². The van der Waals surface area contributed by atoms with Gasteiger partial charge < -0.3 is 15.4 Å². The maximum Gasteiger partial charge on any atom is 0.252 e. The van der Waals surface area contributed by atoms with Crippen LogP contribution in [0.1, 0.15) is 25.3 Å². The summed E-state index contributed by atoms with van der Waals surface area (Å²) in [5, 5.41) is 13.3. The summed E-state index contributed by atoms with van der Waals surface area (Å²) in [6, 6.07) is 9.92. The highest BCUT2D eigenvalue weighted by Crippen LogP contribution is 2.10. The second kappa shape index (κ2) is 6.50. The fourth-order valence-corrected chi connectivity index (χ4v) is 2.18. The van der Waals surface area contributed by atoms with Crippen molar-refractivity contribution in [3.05, 3.63) is 46.2 Å². The third kappa shape index (κ3) is 3.43. The molecule has 4 nitrogen and oxygen atoms in total. The standard InChI is InChI=1S/C15H20N2O2/c1-2-13(7-8-18)16-10-12-9-11-5-3-4-6-14(11)17-15(12)19/h3-6,9,13,16,18H,2,7-8,10H2,1H3,(H,17,19). The number of para-hydroxylation sites is 1. The van der Waals surface area contributed by atoms with Crippen molar-refractivity contribution in [1.29, 1.82) is 0 Å². The van der Waals surface area contributed by atoms with Gasteiger partial charge in [-0.2, -0.15) is 0 Å². The summed E-state index contributed by atoms with van der Waals surface area (Å²) in [5.41, 5.74) is 1.54. The number of hydrogen-bond acceptors (Lipinski definition) is 3. The van der Waals surface area contributed by atoms with E-state index < -0.39 is 0 Å². The molecule has 0 radical (unpaired) electrons. The van der Waals surface area contributed by atoms with E-state index in [1.807, 2.05) is 30.3 Å². The van der Waals surface area contributed by atoms with Crippen molar-refractivity contribution in [2.45, 2.75) is 32.4 Å². The Morgan fingerprint density at radius 3 is 2.89 bits per heavy atom. The number of pyridine rings is 1. The van der Waals surface area contributed by atoms with E-state index in [0.29, 0.717) is 13.0 Å². The average Bonchev–Trinajstić information content (AvgIpc) is 2.43. The molecule has 19 heavy (non-hydrogen) atoms. The Hall–Kier alpha value is -1.65. The van der Waals surface area contributed by atoms with Gasteiger partial charge in [0, 0.05) is 30.3 Å². The molecule has 0 saturated carbocycles. The van der Waals surface area contributed by atoms with Gasteiger partial charge >= 0.3 is 0 Å². The monoisotopic (exact) mass is 260 g/mol. The van der Waals surface area contributed by atoms with Gasteiger partial charge in [0.25, 0.3) is 5.56 Å². The van der Waals surface area contributed by atoms with Gasteiger partial charge in [0.05, 0.1) is 0 Å². The molecule has 1 unspecified atom stereocenters. The minimum atomic E-state index is -0.0509. The summed E-state index contributed by atoms with van der Waals surface area (Å²) in [5.74, 6) is 0. The number of aromatic nitrogens is 1. The van der Waals surface area contributed by atoms with Crippen LogP contribution in [0.2, 0.25) is 0 Å². The Kier molecular flexibility index (Phi) is 4.71. The Morgan fingerprint density at radius 2 is 2.16 bits per heavy atom. The molecule has 2 aromatic rings. The minimum Gasteiger partial charge on any atom is -0.396 e. The number of nitrogens with one attached hydrogen (secondary N) is 2. The number of rotatable bonds is 6. The normalized spacial score (nSPS) is 12.7. The Balaban J connectivity index is 2.16. The second-order valence-electron chi connectivity index (χ2n) is 4.71. The number of aliphatic hydroxyl groups excluding tert-OH is 1. The lowest BCUT2D eigenvalue weighted by Gasteiger charge is -2.15. The molecule has 1 aromatic heterocycles. The van der Waals surface area contributed by atoms with Crippen molar-refractivity contribution in [3.8, 4) is 0 Å². The second-order valence-corrected chi connectivity index (χ2v) is 4.71. The number of H-pyrrole nitrogens is 1. The lowest BCUT2D eigenvalue weighted by atomic mass is 10.1. The predicted octanol–water partition coefficient (Wildman–Crippen LogP) is 1.78. The predicted molar refractivity (Wildman–Crippen MR) is 77.2 cm³/mol. The molecule has 0 bridgehead atoms. The van der Waals surface area contributed by atoms with E-state index in [-0.39, 0.29) is 18.2 Å². The maximum absolute atomic E-state index is 11.9. The van der Waals surface area contributed by atoms with Crippen LogP contribution in [0.5, 0.6) is 0 Å². The Bertz CT molecular complexity index is 592. The summed E-state index contributed by atoms with van der Waals surface area (Å²) >= 11 is 0. The van der Waals surface area contributed by atoms with Crippen LogP contribution < -0.4 is 10.9 Å². The molecule has 0 saturated heterocycles. The lowest BCUT2D eigenvalue weighted by Crippen LogP contribution is -2.31. The van der Waals surface area contributed by atoms with E-state index in [1.165, 1.54) is 0 Å². The summed E-state index contributed by atoms with van der Waals surface area (Å²) in [6.07, 6.45) is 1.65. The van der Waals surface area contributed by atoms with E-state index in [2.05, 4.69) is 17.2 Å². The third-order valence-electron chi connectivity index (χ3n) is 3.38. The molecule has 0 aliphatic rings. The van der Waals surface area contributed by atoms with Crippen LogP contribution in [0.25, 0.3) is 10.9 Å². The third-order valence-corrected chi connectivity index (χ3v) is 3.38. The van der Waals surface area contributed by atoms with Gasteiger partial charge in [0.15, 0.2) is 0 Å². The molecule has 0 amide bonds. The first-order valence-corrected chi connectivity index (χ1v) is 6.69. The molecular formula is C15H20N2O2. The molecular weight excluding hydrogens is 240 g/mol. The highest BCUT2D eigenvalue weighted by atomic mass is 16.3. The molecule has 4 heteroatoms. The van der Waals surface area contributed by atoms with Crippen molar-refractivity contribution in [2.24, 2.45) is 0 Å². The number of benzene rings is 1. The van der Waals surface area contributed by atoms with E-state index in [1.54, 1.807) is 0 Å². The minimum absolute atomic E-state index is 0.0509. The Morgan fingerprint density at radius 1 is 1.37 bits per heavy atom. The quantitative estimate of drug-likeness (QED) is 0.741. The summed E-state index contributed by atoms with van der Waals surface area (Å²) in [6.45, 7) is 2.76. The zero-order valence-corrected chi connectivity index (χ0v) is 11.1. The van der Waals surface area contributed by atoms with Gasteiger partial charge in [-0.3, -0.25) is 4.79 Å². The van der Waals surface area contributed by atoms with Crippen LogP contribution in [-0.2, 0) is 6.54 Å². The summed E-state index contributed by atoms with van der Waals surface area (Å²) < 4.78 is 0. The molecule has 0 fully saturated rings. The molecule has 0 aliphatic heterocycles. The van der Waals surface area contributed by atoms with Gasteiger partial charge in [-0.15, -0.1) is 0 Å². The molecule has 102 valence electrons. The summed E-state index contributed by atoms with van der Waals surface area (Å²) in [4.78, 5) is 14.8. The van der Waals surface area contributed by atoms with Gasteiger partial charge in [-0.1, -0.05) is 25.1 Å². The number of aromatic amines is 1. The fourth-order valence-electron chi connectivity index (χ4n) is 2.18. The Labute approximate surface area is 112 Å². The molecule has 0 spiro atoms. The molecule has 1 aromatic carbocycles. The zero-order valence-electron chi connectivity index (χ0n) is 11.1. The average molecular weight is 260 g/mol. The zero-order chi connectivity index (χ0) is 13.7.